The zero-order chi connectivity index (χ0) is 14.9. The predicted molar refractivity (Wildman–Crippen MR) is 73.5 cm³/mol. The molecule has 0 unspecified atom stereocenters. The number of esters is 1. The molecular weight excluding hydrogens is 282 g/mol. The molecule has 0 saturated carbocycles. The zero-order valence-electron chi connectivity index (χ0n) is 10.6. The van der Waals surface area contributed by atoms with Crippen LogP contribution in [0.25, 0.3) is 0 Å². The molecule has 6 heteroatoms. The smallest absolute Gasteiger partial charge is 0.335 e. The molecule has 1 aromatic rings. The van der Waals surface area contributed by atoms with Crippen molar-refractivity contribution in [1.82, 2.24) is 0 Å². The summed E-state index contributed by atoms with van der Waals surface area (Å²) in [5, 5.41) is 0.309. The Kier molecular flexibility index (Phi) is 3.72. The van der Waals surface area contributed by atoms with Crippen LogP contribution in [0.5, 0.6) is 5.75 Å². The van der Waals surface area contributed by atoms with Crippen molar-refractivity contribution in [2.45, 2.75) is 6.92 Å². The highest BCUT2D eigenvalue weighted by Crippen LogP contribution is 2.34. The highest BCUT2D eigenvalue weighted by Gasteiger charge is 2.32. The molecule has 0 atom stereocenters. The van der Waals surface area contributed by atoms with Gasteiger partial charge in [-0.2, -0.15) is 0 Å². The molecular formula is C14H10ClNO4. The molecule has 0 aromatic heterocycles. The van der Waals surface area contributed by atoms with Crippen LogP contribution in [0.15, 0.2) is 42.5 Å². The molecule has 2 amide bonds. The van der Waals surface area contributed by atoms with Crippen molar-refractivity contribution in [3.63, 3.8) is 0 Å². The third-order valence-electron chi connectivity index (χ3n) is 2.64. The molecule has 0 fully saturated rings. The molecule has 1 aliphatic heterocycles. The monoisotopic (exact) mass is 291 g/mol. The molecule has 1 aliphatic rings. The third-order valence-corrected chi connectivity index (χ3v) is 2.88. The van der Waals surface area contributed by atoms with Crippen molar-refractivity contribution >= 4 is 35.1 Å². The lowest BCUT2D eigenvalue weighted by atomic mass is 10.2. The van der Waals surface area contributed by atoms with E-state index < -0.39 is 17.8 Å². The molecule has 1 heterocycles. The quantitative estimate of drug-likeness (QED) is 0.371. The zero-order valence-corrected chi connectivity index (χ0v) is 11.3. The van der Waals surface area contributed by atoms with E-state index >= 15 is 0 Å². The van der Waals surface area contributed by atoms with Gasteiger partial charge in [-0.3, -0.25) is 9.59 Å². The summed E-state index contributed by atoms with van der Waals surface area (Å²) in [7, 11) is 0. The number of carbonyl (C=O) groups is 3. The summed E-state index contributed by atoms with van der Waals surface area (Å²) in [6, 6.07) is 4.28. The van der Waals surface area contributed by atoms with Crippen LogP contribution in [0, 0.1) is 0 Å². The molecule has 0 bridgehead atoms. The molecule has 1 aromatic carbocycles. The number of hydrogen-bond donors (Lipinski definition) is 0. The lowest BCUT2D eigenvalue weighted by Gasteiger charge is -2.18. The Hall–Kier alpha value is -2.40. The van der Waals surface area contributed by atoms with E-state index in [0.29, 0.717) is 10.6 Å². The van der Waals surface area contributed by atoms with Gasteiger partial charge in [0, 0.05) is 22.7 Å². The maximum atomic E-state index is 12.0. The van der Waals surface area contributed by atoms with Crippen LogP contribution < -0.4 is 9.64 Å². The minimum absolute atomic E-state index is 0.0594. The lowest BCUT2D eigenvalue weighted by Crippen LogP contribution is -2.31. The first kappa shape index (κ1) is 14.0. The summed E-state index contributed by atoms with van der Waals surface area (Å²) in [6.45, 7) is 4.81. The number of rotatable bonds is 3. The van der Waals surface area contributed by atoms with Gasteiger partial charge in [0.2, 0.25) is 0 Å². The van der Waals surface area contributed by atoms with E-state index in [1.165, 1.54) is 31.2 Å². The van der Waals surface area contributed by atoms with Gasteiger partial charge in [-0.1, -0.05) is 18.2 Å². The normalized spacial score (nSPS) is 14.3. The summed E-state index contributed by atoms with van der Waals surface area (Å²) in [4.78, 5) is 36.0. The predicted octanol–water partition coefficient (Wildman–Crippen LogP) is 2.25. The van der Waals surface area contributed by atoms with E-state index in [9.17, 15) is 14.4 Å². The van der Waals surface area contributed by atoms with E-state index in [-0.39, 0.29) is 11.4 Å². The summed E-state index contributed by atoms with van der Waals surface area (Å²) < 4.78 is 5.01. The number of carbonyl (C=O) groups excluding carboxylic acids is 3. The number of halogens is 1. The number of nitrogens with zero attached hydrogens (tertiary/aromatic N) is 1. The molecule has 5 nitrogen and oxygen atoms in total. The van der Waals surface area contributed by atoms with Gasteiger partial charge in [-0.05, 0) is 25.1 Å². The van der Waals surface area contributed by atoms with Gasteiger partial charge in [0.05, 0.1) is 5.69 Å². The van der Waals surface area contributed by atoms with E-state index in [0.717, 1.165) is 11.0 Å². The maximum absolute atomic E-state index is 12.0. The van der Waals surface area contributed by atoms with Crippen molar-refractivity contribution in [3.05, 3.63) is 47.5 Å². The molecule has 0 N–H and O–H groups in total. The summed E-state index contributed by atoms with van der Waals surface area (Å²) in [6.07, 6.45) is 2.19. The molecule has 0 spiro atoms. The van der Waals surface area contributed by atoms with Gasteiger partial charge < -0.3 is 4.74 Å². The Balaban J connectivity index is 2.48. The van der Waals surface area contributed by atoms with Gasteiger partial charge in [-0.15, -0.1) is 0 Å². The minimum atomic E-state index is -0.697. The average molecular weight is 292 g/mol. The Labute approximate surface area is 120 Å². The topological polar surface area (TPSA) is 63.7 Å². The molecule has 20 heavy (non-hydrogen) atoms. The van der Waals surface area contributed by atoms with E-state index in [4.69, 9.17) is 16.3 Å². The van der Waals surface area contributed by atoms with Crippen molar-refractivity contribution in [3.8, 4) is 5.75 Å². The van der Waals surface area contributed by atoms with E-state index in [2.05, 4.69) is 6.58 Å². The number of anilines is 1. The van der Waals surface area contributed by atoms with Gasteiger partial charge in [0.1, 0.15) is 0 Å². The van der Waals surface area contributed by atoms with Gasteiger partial charge in [0.25, 0.3) is 11.8 Å². The first-order valence-corrected chi connectivity index (χ1v) is 6.02. The van der Waals surface area contributed by atoms with E-state index in [1.54, 1.807) is 0 Å². The summed E-state index contributed by atoms with van der Waals surface area (Å²) in [5.41, 5.74) is 0.423. The van der Waals surface area contributed by atoms with Crippen LogP contribution >= 0.6 is 11.6 Å². The standard InChI is InChI=1S/C14H10ClNO4/c1-3-13(18)20-11-5-4-9(15)7-10(11)16-12(17)6-8(2)14(16)19/h3-7H,1H2,2H3. The van der Waals surface area contributed by atoms with Gasteiger partial charge in [0.15, 0.2) is 5.75 Å². The molecule has 102 valence electrons. The highest BCUT2D eigenvalue weighted by molar-refractivity contribution is 6.33. The van der Waals surface area contributed by atoms with Crippen molar-refractivity contribution in [2.75, 3.05) is 4.90 Å². The second-order valence-corrected chi connectivity index (χ2v) is 4.48. The Morgan fingerprint density at radius 1 is 1.40 bits per heavy atom. The highest BCUT2D eigenvalue weighted by atomic mass is 35.5. The van der Waals surface area contributed by atoms with Crippen LogP contribution in [0.4, 0.5) is 5.69 Å². The first-order valence-electron chi connectivity index (χ1n) is 5.64. The summed E-state index contributed by atoms with van der Waals surface area (Å²) >= 11 is 5.87. The van der Waals surface area contributed by atoms with Crippen LogP contribution in [0.3, 0.4) is 0 Å². The molecule has 0 radical (unpaired) electrons. The van der Waals surface area contributed by atoms with Crippen LogP contribution in [-0.2, 0) is 14.4 Å². The van der Waals surface area contributed by atoms with Crippen molar-refractivity contribution in [2.24, 2.45) is 0 Å². The Morgan fingerprint density at radius 3 is 2.65 bits per heavy atom. The number of imide groups is 1. The van der Waals surface area contributed by atoms with Gasteiger partial charge >= 0.3 is 5.97 Å². The average Bonchev–Trinajstić information content (AvgIpc) is 2.65. The first-order chi connectivity index (χ1) is 9.43. The van der Waals surface area contributed by atoms with Gasteiger partial charge in [-0.25, -0.2) is 9.69 Å². The maximum Gasteiger partial charge on any atom is 0.335 e. The fraction of sp³-hybridized carbons (Fsp3) is 0.0714. The number of ether oxygens (including phenoxy) is 1. The fourth-order valence-corrected chi connectivity index (χ4v) is 1.88. The van der Waals surface area contributed by atoms with Crippen LogP contribution in [0.1, 0.15) is 6.92 Å². The molecule has 0 saturated heterocycles. The number of amides is 2. The Bertz CT molecular complexity index is 663. The third kappa shape index (κ3) is 2.48. The lowest BCUT2D eigenvalue weighted by molar-refractivity contribution is -0.129. The van der Waals surface area contributed by atoms with Crippen molar-refractivity contribution < 1.29 is 19.1 Å². The molecule has 0 aliphatic carbocycles. The van der Waals surface area contributed by atoms with E-state index in [1.807, 2.05) is 0 Å². The van der Waals surface area contributed by atoms with Crippen LogP contribution in [-0.4, -0.2) is 17.8 Å². The minimum Gasteiger partial charge on any atom is -0.421 e. The van der Waals surface area contributed by atoms with Crippen molar-refractivity contribution in [1.29, 1.82) is 0 Å². The SMILES string of the molecule is C=CC(=O)Oc1ccc(Cl)cc1N1C(=O)C=C(C)C1=O. The van der Waals surface area contributed by atoms with Crippen LogP contribution in [0.2, 0.25) is 5.02 Å². The number of hydrogen-bond acceptors (Lipinski definition) is 4. The number of benzene rings is 1. The molecule has 2 rings (SSSR count). The second kappa shape index (κ2) is 5.30. The fourth-order valence-electron chi connectivity index (χ4n) is 1.72. The Morgan fingerprint density at radius 2 is 2.10 bits per heavy atom. The largest absolute Gasteiger partial charge is 0.421 e. The summed E-state index contributed by atoms with van der Waals surface area (Å²) in [5.74, 6) is -1.62. The second-order valence-electron chi connectivity index (χ2n) is 4.04.